The van der Waals surface area contributed by atoms with Crippen molar-refractivity contribution in [3.63, 3.8) is 0 Å². The zero-order chi connectivity index (χ0) is 14.6. The number of carbonyl (C=O) groups excluding carboxylic acids is 1. The second-order valence-electron chi connectivity index (χ2n) is 5.04. The number of thioether (sulfide) groups is 1. The van der Waals surface area contributed by atoms with Gasteiger partial charge in [-0.3, -0.25) is 4.79 Å². The average molecular weight is 358 g/mol. The third-order valence-corrected chi connectivity index (χ3v) is 5.41. The summed E-state index contributed by atoms with van der Waals surface area (Å²) in [6, 6.07) is 8.30. The average Bonchev–Trinajstić information content (AvgIpc) is 2.82. The number of esters is 1. The van der Waals surface area contributed by atoms with Crippen LogP contribution in [0.2, 0.25) is 0 Å². The number of methoxy groups -OCH3 is 1. The van der Waals surface area contributed by atoms with E-state index in [-0.39, 0.29) is 5.97 Å². The maximum absolute atomic E-state index is 12.1. The Morgan fingerprint density at radius 3 is 3.05 bits per heavy atom. The van der Waals surface area contributed by atoms with E-state index in [0.717, 1.165) is 30.3 Å². The van der Waals surface area contributed by atoms with Crippen LogP contribution in [0.3, 0.4) is 0 Å². The van der Waals surface area contributed by atoms with Crippen LogP contribution in [-0.4, -0.2) is 30.4 Å². The summed E-state index contributed by atoms with van der Waals surface area (Å²) in [5, 5.41) is 3.79. The van der Waals surface area contributed by atoms with Crippen LogP contribution in [0.1, 0.15) is 26.2 Å². The lowest BCUT2D eigenvalue weighted by Crippen LogP contribution is -2.50. The minimum Gasteiger partial charge on any atom is -0.468 e. The Hall–Kier alpha value is -0.520. The summed E-state index contributed by atoms with van der Waals surface area (Å²) in [6.45, 7) is 2.81. The molecule has 0 heterocycles. The van der Waals surface area contributed by atoms with Crippen molar-refractivity contribution in [1.82, 2.24) is 5.32 Å². The van der Waals surface area contributed by atoms with Crippen LogP contribution in [0, 0.1) is 0 Å². The summed E-state index contributed by atoms with van der Waals surface area (Å²) >= 11 is 5.34. The molecule has 1 aliphatic rings. The number of likely N-dealkylation sites (N-methyl/N-ethyl adjacent to an activating group) is 1. The highest BCUT2D eigenvalue weighted by Crippen LogP contribution is 2.41. The molecular formula is C15H20BrNO2S. The molecule has 0 amide bonds. The van der Waals surface area contributed by atoms with Crippen LogP contribution in [0.15, 0.2) is 33.6 Å². The van der Waals surface area contributed by atoms with Crippen LogP contribution in [0.25, 0.3) is 0 Å². The van der Waals surface area contributed by atoms with Gasteiger partial charge in [-0.25, -0.2) is 0 Å². The van der Waals surface area contributed by atoms with E-state index in [1.165, 1.54) is 12.0 Å². The second kappa shape index (κ2) is 6.96. The van der Waals surface area contributed by atoms with E-state index >= 15 is 0 Å². The highest BCUT2D eigenvalue weighted by Gasteiger charge is 2.45. The fourth-order valence-electron chi connectivity index (χ4n) is 2.79. The molecular weight excluding hydrogens is 338 g/mol. The van der Waals surface area contributed by atoms with Gasteiger partial charge in [-0.1, -0.05) is 28.9 Å². The van der Waals surface area contributed by atoms with Crippen LogP contribution >= 0.6 is 27.7 Å². The molecule has 5 heteroatoms. The van der Waals surface area contributed by atoms with Crippen LogP contribution in [0.5, 0.6) is 0 Å². The number of ether oxygens (including phenoxy) is 1. The first kappa shape index (κ1) is 15.9. The van der Waals surface area contributed by atoms with E-state index in [2.05, 4.69) is 33.4 Å². The van der Waals surface area contributed by atoms with Gasteiger partial charge in [-0.05, 0) is 44.0 Å². The van der Waals surface area contributed by atoms with Crippen molar-refractivity contribution in [2.75, 3.05) is 13.7 Å². The summed E-state index contributed by atoms with van der Waals surface area (Å²) in [4.78, 5) is 13.3. The molecule has 1 fully saturated rings. The number of benzene rings is 1. The third-order valence-electron chi connectivity index (χ3n) is 3.66. The Balaban J connectivity index is 2.05. The van der Waals surface area contributed by atoms with E-state index in [0.29, 0.717) is 5.25 Å². The highest BCUT2D eigenvalue weighted by atomic mass is 79.9. The smallest absolute Gasteiger partial charge is 0.326 e. The maximum atomic E-state index is 12.1. The molecule has 110 valence electrons. The van der Waals surface area contributed by atoms with Gasteiger partial charge in [-0.2, -0.15) is 0 Å². The molecule has 1 N–H and O–H groups in total. The number of nitrogens with one attached hydrogen (secondary N) is 1. The van der Waals surface area contributed by atoms with E-state index in [4.69, 9.17) is 4.74 Å². The zero-order valence-corrected chi connectivity index (χ0v) is 14.2. The lowest BCUT2D eigenvalue weighted by atomic mass is 9.98. The highest BCUT2D eigenvalue weighted by molar-refractivity contribution is 9.10. The minimum atomic E-state index is -0.493. The Bertz CT molecular complexity index is 483. The minimum absolute atomic E-state index is 0.128. The monoisotopic (exact) mass is 357 g/mol. The normalized spacial score (nSPS) is 25.6. The van der Waals surface area contributed by atoms with Crippen molar-refractivity contribution >= 4 is 33.7 Å². The lowest BCUT2D eigenvalue weighted by molar-refractivity contribution is -0.148. The van der Waals surface area contributed by atoms with Crippen molar-refractivity contribution in [3.05, 3.63) is 28.7 Å². The summed E-state index contributed by atoms with van der Waals surface area (Å²) in [7, 11) is 1.47. The molecule has 20 heavy (non-hydrogen) atoms. The first-order chi connectivity index (χ1) is 9.59. The zero-order valence-electron chi connectivity index (χ0n) is 11.8. The van der Waals surface area contributed by atoms with Gasteiger partial charge in [0.25, 0.3) is 0 Å². The second-order valence-corrected chi connectivity index (χ2v) is 7.33. The van der Waals surface area contributed by atoms with Crippen molar-refractivity contribution < 1.29 is 9.53 Å². The van der Waals surface area contributed by atoms with Crippen molar-refractivity contribution in [2.24, 2.45) is 0 Å². The van der Waals surface area contributed by atoms with Crippen molar-refractivity contribution in [2.45, 2.75) is 41.9 Å². The van der Waals surface area contributed by atoms with E-state index < -0.39 is 5.54 Å². The largest absolute Gasteiger partial charge is 0.468 e. The molecule has 2 atom stereocenters. The van der Waals surface area contributed by atoms with Crippen LogP contribution in [0.4, 0.5) is 0 Å². The third kappa shape index (κ3) is 3.57. The fraction of sp³-hybridized carbons (Fsp3) is 0.533. The summed E-state index contributed by atoms with van der Waals surface area (Å²) in [5.74, 6) is -0.128. The predicted octanol–water partition coefficient (Wildman–Crippen LogP) is 3.62. The molecule has 3 nitrogen and oxygen atoms in total. The van der Waals surface area contributed by atoms with Gasteiger partial charge in [0.1, 0.15) is 5.54 Å². The molecule has 0 spiro atoms. The number of hydrogen-bond donors (Lipinski definition) is 1. The summed E-state index contributed by atoms with van der Waals surface area (Å²) in [6.07, 6.45) is 2.70. The molecule has 1 aromatic carbocycles. The van der Waals surface area contributed by atoms with Gasteiger partial charge < -0.3 is 10.1 Å². The molecule has 1 aliphatic carbocycles. The molecule has 0 radical (unpaired) electrons. The molecule has 0 aromatic heterocycles. The standard InChI is InChI=1S/C15H20BrNO2S/c1-3-17-15(14(18)19-2)8-7-13(10-15)20-12-6-4-5-11(16)9-12/h4-6,9,13,17H,3,7-8,10H2,1-2H3. The summed E-state index contributed by atoms with van der Waals surface area (Å²) < 4.78 is 6.08. The number of carbonyl (C=O) groups is 1. The van der Waals surface area contributed by atoms with E-state index in [9.17, 15) is 4.79 Å². The Labute approximate surface area is 133 Å². The molecule has 0 saturated heterocycles. The predicted molar refractivity (Wildman–Crippen MR) is 86.1 cm³/mol. The molecule has 2 rings (SSSR count). The molecule has 2 unspecified atom stereocenters. The van der Waals surface area contributed by atoms with Gasteiger partial charge in [0.2, 0.25) is 0 Å². The van der Waals surface area contributed by atoms with Crippen LogP contribution in [-0.2, 0) is 9.53 Å². The lowest BCUT2D eigenvalue weighted by Gasteiger charge is -2.27. The van der Waals surface area contributed by atoms with Crippen LogP contribution < -0.4 is 5.32 Å². The number of halogens is 1. The van der Waals surface area contributed by atoms with E-state index in [1.807, 2.05) is 30.8 Å². The number of hydrogen-bond acceptors (Lipinski definition) is 4. The SMILES string of the molecule is CCNC1(C(=O)OC)CCC(Sc2cccc(Br)c2)C1. The number of rotatable bonds is 5. The first-order valence-corrected chi connectivity index (χ1v) is 8.52. The molecule has 0 aliphatic heterocycles. The fourth-order valence-corrected chi connectivity index (χ4v) is 4.68. The van der Waals surface area contributed by atoms with Gasteiger partial charge in [-0.15, -0.1) is 11.8 Å². The first-order valence-electron chi connectivity index (χ1n) is 6.85. The van der Waals surface area contributed by atoms with Gasteiger partial charge in [0.05, 0.1) is 7.11 Å². The topological polar surface area (TPSA) is 38.3 Å². The summed E-state index contributed by atoms with van der Waals surface area (Å²) in [5.41, 5.74) is -0.493. The van der Waals surface area contributed by atoms with Gasteiger partial charge in [0, 0.05) is 14.6 Å². The van der Waals surface area contributed by atoms with Crippen molar-refractivity contribution in [3.8, 4) is 0 Å². The quantitative estimate of drug-likeness (QED) is 0.816. The molecule has 1 saturated carbocycles. The molecule has 0 bridgehead atoms. The van der Waals surface area contributed by atoms with Gasteiger partial charge >= 0.3 is 5.97 Å². The molecule has 1 aromatic rings. The van der Waals surface area contributed by atoms with Crippen molar-refractivity contribution in [1.29, 1.82) is 0 Å². The maximum Gasteiger partial charge on any atom is 0.326 e. The Morgan fingerprint density at radius 2 is 2.40 bits per heavy atom. The van der Waals surface area contributed by atoms with Gasteiger partial charge in [0.15, 0.2) is 0 Å². The Kier molecular flexibility index (Phi) is 5.52. The Morgan fingerprint density at radius 1 is 1.60 bits per heavy atom. The van der Waals surface area contributed by atoms with E-state index in [1.54, 1.807) is 0 Å².